The van der Waals surface area contributed by atoms with Gasteiger partial charge in [0.25, 0.3) is 0 Å². The molecule has 8 heavy (non-hydrogen) atoms. The molecule has 0 unspecified atom stereocenters. The summed E-state index contributed by atoms with van der Waals surface area (Å²) >= 11 is -2.24. The van der Waals surface area contributed by atoms with Crippen LogP contribution < -0.4 is 0 Å². The van der Waals surface area contributed by atoms with Gasteiger partial charge in [0.2, 0.25) is 0 Å². The van der Waals surface area contributed by atoms with Gasteiger partial charge in [0.1, 0.15) is 0 Å². The zero-order chi connectivity index (χ0) is 4.50. The summed E-state index contributed by atoms with van der Waals surface area (Å²) in [4.78, 5) is 3.86. The molecule has 0 aromatic carbocycles. The van der Waals surface area contributed by atoms with E-state index in [-0.39, 0.29) is 37.2 Å². The average Bonchev–Trinajstić information content (AvgIpc) is 0.722. The molecule has 56 valence electrons. The number of hydrogen-bond acceptors (Lipinski definition) is 0. The molecule has 6 heteroatoms. The Bertz CT molecular complexity index is 25.9. The Morgan fingerprint density at radius 3 is 0.875 bits per heavy atom. The van der Waals surface area contributed by atoms with Gasteiger partial charge in [-0.05, 0) is 0 Å². The predicted molar refractivity (Wildman–Crippen MR) is 50.9 cm³/mol. The zero-order valence-electron chi connectivity index (χ0n) is 4.48. The van der Waals surface area contributed by atoms with E-state index in [9.17, 15) is 0 Å². The maximum atomic E-state index is 5.51. The van der Waals surface area contributed by atoms with Gasteiger partial charge in [-0.3, -0.25) is 0 Å². The van der Waals surface area contributed by atoms with Crippen LogP contribution in [-0.4, -0.2) is 16.1 Å². The molecule has 0 heterocycles. The molecular formula is C2H9Cl5Sn. The summed E-state index contributed by atoms with van der Waals surface area (Å²) in [6.07, 6.45) is 0. The van der Waals surface area contributed by atoms with E-state index in [1.165, 1.54) is 0 Å². The standard InChI is InChI=1S/2CH3.5ClH.Sn/h2*1H3;5*1H;/q;;;;;;;+2/p-2. The SMILES string of the molecule is Cl.Cl.Cl.[CH3][Sn]([CH3])([Cl])[Cl]. The third kappa shape index (κ3) is 85.7. The molecular weight excluding hydrogens is 320 g/mol. The Kier molecular flexibility index (Phi) is 26.0. The van der Waals surface area contributed by atoms with Crippen molar-refractivity contribution in [3.05, 3.63) is 0 Å². The second-order valence-corrected chi connectivity index (χ2v) is 22.9. The summed E-state index contributed by atoms with van der Waals surface area (Å²) in [5.41, 5.74) is 0. The van der Waals surface area contributed by atoms with E-state index >= 15 is 0 Å². The summed E-state index contributed by atoms with van der Waals surface area (Å²) in [6.45, 7) is 0. The summed E-state index contributed by atoms with van der Waals surface area (Å²) < 4.78 is 0. The third-order valence-electron chi connectivity index (χ3n) is 0. The van der Waals surface area contributed by atoms with Crippen molar-refractivity contribution in [3.63, 3.8) is 0 Å². The van der Waals surface area contributed by atoms with Gasteiger partial charge in [-0.25, -0.2) is 0 Å². The second-order valence-electron chi connectivity index (χ2n) is 1.33. The quantitative estimate of drug-likeness (QED) is 0.598. The average molecular weight is 329 g/mol. The molecule has 0 aliphatic carbocycles. The first-order chi connectivity index (χ1) is 2.00. The van der Waals surface area contributed by atoms with E-state index in [2.05, 4.69) is 0 Å². The minimum atomic E-state index is -2.24. The molecule has 0 N–H and O–H groups in total. The van der Waals surface area contributed by atoms with Crippen LogP contribution in [0.5, 0.6) is 0 Å². The van der Waals surface area contributed by atoms with Crippen molar-refractivity contribution < 1.29 is 0 Å². The van der Waals surface area contributed by atoms with Crippen LogP contribution in [0.3, 0.4) is 0 Å². The molecule has 0 atom stereocenters. The van der Waals surface area contributed by atoms with Crippen LogP contribution in [0, 0.1) is 0 Å². The van der Waals surface area contributed by atoms with Gasteiger partial charge >= 0.3 is 43.8 Å². The summed E-state index contributed by atoms with van der Waals surface area (Å²) in [5, 5.41) is 0. The summed E-state index contributed by atoms with van der Waals surface area (Å²) in [5.74, 6) is 0. The van der Waals surface area contributed by atoms with Gasteiger partial charge in [0, 0.05) is 0 Å². The monoisotopic (exact) mass is 328 g/mol. The van der Waals surface area contributed by atoms with Crippen molar-refractivity contribution in [2.45, 2.75) is 9.88 Å². The Hall–Kier alpha value is 2.25. The van der Waals surface area contributed by atoms with Gasteiger partial charge < -0.3 is 0 Å². The fraction of sp³-hybridized carbons (Fsp3) is 1.00. The Morgan fingerprint density at radius 1 is 0.875 bits per heavy atom. The molecule has 0 radical (unpaired) electrons. The van der Waals surface area contributed by atoms with Crippen molar-refractivity contribution in [2.75, 3.05) is 0 Å². The van der Waals surface area contributed by atoms with Crippen molar-refractivity contribution in [2.24, 2.45) is 0 Å². The Morgan fingerprint density at radius 2 is 0.875 bits per heavy atom. The summed E-state index contributed by atoms with van der Waals surface area (Å²) in [6, 6.07) is 0. The maximum absolute atomic E-state index is 5.51. The van der Waals surface area contributed by atoms with E-state index in [0.29, 0.717) is 0 Å². The van der Waals surface area contributed by atoms with E-state index in [4.69, 9.17) is 17.8 Å². The number of hydrogen-bond donors (Lipinski definition) is 0. The van der Waals surface area contributed by atoms with E-state index in [1.807, 2.05) is 9.88 Å². The second kappa shape index (κ2) is 9.25. The van der Waals surface area contributed by atoms with Crippen molar-refractivity contribution >= 4 is 71.2 Å². The van der Waals surface area contributed by atoms with Crippen LogP contribution in [0.1, 0.15) is 0 Å². The molecule has 0 fully saturated rings. The molecule has 0 spiro atoms. The first kappa shape index (κ1) is 22.5. The first-order valence-corrected chi connectivity index (χ1v) is 14.3. The fourth-order valence-electron chi connectivity index (χ4n) is 0. The third-order valence-corrected chi connectivity index (χ3v) is 0. The van der Waals surface area contributed by atoms with Crippen molar-refractivity contribution in [1.82, 2.24) is 0 Å². The van der Waals surface area contributed by atoms with E-state index in [1.54, 1.807) is 0 Å². The molecule has 0 aliphatic heterocycles. The molecule has 0 amide bonds. The predicted octanol–water partition coefficient (Wildman–Crippen LogP) is 3.43. The van der Waals surface area contributed by atoms with Crippen LogP contribution >= 0.6 is 55.1 Å². The van der Waals surface area contributed by atoms with Gasteiger partial charge in [-0.1, -0.05) is 0 Å². The molecule has 0 saturated heterocycles. The Balaban J connectivity index is -0.0000000267. The van der Waals surface area contributed by atoms with Crippen LogP contribution in [0.25, 0.3) is 0 Å². The van der Waals surface area contributed by atoms with Crippen molar-refractivity contribution in [3.8, 4) is 0 Å². The zero-order valence-corrected chi connectivity index (χ0v) is 11.3. The number of halogens is 5. The van der Waals surface area contributed by atoms with E-state index < -0.39 is 16.1 Å². The summed E-state index contributed by atoms with van der Waals surface area (Å²) in [7, 11) is 11.0. The molecule has 0 aromatic heterocycles. The van der Waals surface area contributed by atoms with Crippen LogP contribution in [-0.2, 0) is 0 Å². The number of rotatable bonds is 0. The van der Waals surface area contributed by atoms with Crippen molar-refractivity contribution in [1.29, 1.82) is 0 Å². The molecule has 0 bridgehead atoms. The normalized spacial score (nSPS) is 7.50. The van der Waals surface area contributed by atoms with Gasteiger partial charge in [-0.15, -0.1) is 37.2 Å². The van der Waals surface area contributed by atoms with Gasteiger partial charge in [0.15, 0.2) is 0 Å². The van der Waals surface area contributed by atoms with Crippen LogP contribution in [0.2, 0.25) is 9.88 Å². The molecule has 0 saturated carbocycles. The molecule has 0 nitrogen and oxygen atoms in total. The molecule has 0 aliphatic rings. The first-order valence-electron chi connectivity index (χ1n) is 1.38. The van der Waals surface area contributed by atoms with Gasteiger partial charge in [0.05, 0.1) is 0 Å². The Labute approximate surface area is 80.2 Å². The van der Waals surface area contributed by atoms with Crippen LogP contribution in [0.15, 0.2) is 0 Å². The fourth-order valence-corrected chi connectivity index (χ4v) is 0. The molecule has 0 rings (SSSR count). The van der Waals surface area contributed by atoms with Crippen LogP contribution in [0.4, 0.5) is 0 Å². The van der Waals surface area contributed by atoms with E-state index in [0.717, 1.165) is 0 Å². The van der Waals surface area contributed by atoms with Gasteiger partial charge in [-0.2, -0.15) is 0 Å². The topological polar surface area (TPSA) is 0 Å². The molecule has 0 aromatic rings. The minimum absolute atomic E-state index is 0.